The van der Waals surface area contributed by atoms with Crippen LogP contribution in [0.1, 0.15) is 24.2 Å². The van der Waals surface area contributed by atoms with E-state index in [2.05, 4.69) is 5.32 Å². The number of anilines is 1. The van der Waals surface area contributed by atoms with E-state index in [0.717, 1.165) is 0 Å². The second kappa shape index (κ2) is 7.49. The number of para-hydroxylation sites is 1. The lowest BCUT2D eigenvalue weighted by Crippen LogP contribution is -2.30. The van der Waals surface area contributed by atoms with Gasteiger partial charge in [-0.1, -0.05) is 35.3 Å². The van der Waals surface area contributed by atoms with Crippen LogP contribution in [0.5, 0.6) is 5.75 Å². The lowest BCUT2D eigenvalue weighted by molar-refractivity contribution is -0.122. The zero-order valence-electron chi connectivity index (χ0n) is 12.6. The normalized spacial score (nSPS) is 11.7. The molecule has 0 saturated heterocycles. The van der Waals surface area contributed by atoms with E-state index in [-0.39, 0.29) is 11.7 Å². The van der Waals surface area contributed by atoms with Crippen molar-refractivity contribution in [2.75, 3.05) is 5.32 Å². The summed E-state index contributed by atoms with van der Waals surface area (Å²) in [6, 6.07) is 11.5. The third kappa shape index (κ3) is 4.71. The molecule has 0 saturated carbocycles. The van der Waals surface area contributed by atoms with Gasteiger partial charge < -0.3 is 10.1 Å². The number of amides is 1. The number of carbonyl (C=O) groups excluding carboxylic acids is 2. The van der Waals surface area contributed by atoms with Crippen molar-refractivity contribution in [3.8, 4) is 5.75 Å². The van der Waals surface area contributed by atoms with Crippen LogP contribution in [0.25, 0.3) is 0 Å². The van der Waals surface area contributed by atoms with Gasteiger partial charge in [0.1, 0.15) is 5.75 Å². The molecule has 0 aliphatic rings. The van der Waals surface area contributed by atoms with Crippen LogP contribution in [0.2, 0.25) is 10.0 Å². The number of rotatable bonds is 5. The average molecular weight is 352 g/mol. The number of ether oxygens (including phenoxy) is 1. The van der Waals surface area contributed by atoms with Gasteiger partial charge in [0.25, 0.3) is 5.91 Å². The van der Waals surface area contributed by atoms with Gasteiger partial charge in [-0.25, -0.2) is 0 Å². The van der Waals surface area contributed by atoms with Crippen molar-refractivity contribution in [3.63, 3.8) is 0 Å². The average Bonchev–Trinajstić information content (AvgIpc) is 2.46. The first kappa shape index (κ1) is 17.3. The molecule has 2 aromatic carbocycles. The molecule has 0 unspecified atom stereocenters. The first-order valence-electron chi connectivity index (χ1n) is 6.90. The Balaban J connectivity index is 2.10. The van der Waals surface area contributed by atoms with Crippen LogP contribution in [-0.2, 0) is 4.79 Å². The lowest BCUT2D eigenvalue weighted by atomic mass is 10.1. The molecule has 0 radical (unpaired) electrons. The topological polar surface area (TPSA) is 55.4 Å². The smallest absolute Gasteiger partial charge is 0.265 e. The SMILES string of the molecule is CC(=O)c1ccccc1NC(=O)[C@@H](C)Oc1cc(Cl)cc(Cl)c1. The highest BCUT2D eigenvalue weighted by Crippen LogP contribution is 2.25. The molecule has 2 aromatic rings. The maximum atomic E-state index is 12.2. The van der Waals surface area contributed by atoms with E-state index in [4.69, 9.17) is 27.9 Å². The first-order chi connectivity index (χ1) is 10.9. The summed E-state index contributed by atoms with van der Waals surface area (Å²) in [5.74, 6) is -0.115. The number of carbonyl (C=O) groups is 2. The highest BCUT2D eigenvalue weighted by molar-refractivity contribution is 6.34. The quantitative estimate of drug-likeness (QED) is 0.800. The Labute approximate surface area is 144 Å². The minimum absolute atomic E-state index is 0.129. The summed E-state index contributed by atoms with van der Waals surface area (Å²) in [6.07, 6.45) is -0.787. The maximum absolute atomic E-state index is 12.2. The van der Waals surface area contributed by atoms with Crippen LogP contribution in [-0.4, -0.2) is 17.8 Å². The number of halogens is 2. The van der Waals surface area contributed by atoms with Crippen molar-refractivity contribution in [2.24, 2.45) is 0 Å². The molecule has 0 aliphatic heterocycles. The van der Waals surface area contributed by atoms with Crippen LogP contribution in [0.4, 0.5) is 5.69 Å². The van der Waals surface area contributed by atoms with E-state index in [1.54, 1.807) is 49.4 Å². The number of ketones is 1. The summed E-state index contributed by atoms with van der Waals surface area (Å²) in [6.45, 7) is 3.04. The standard InChI is InChI=1S/C17H15Cl2NO3/c1-10(21)15-5-3-4-6-16(15)20-17(22)11(2)23-14-8-12(18)7-13(19)9-14/h3-9,11H,1-2H3,(H,20,22)/t11-/m1/s1. The van der Waals surface area contributed by atoms with Crippen molar-refractivity contribution in [2.45, 2.75) is 20.0 Å². The summed E-state index contributed by atoms with van der Waals surface area (Å²) in [4.78, 5) is 23.8. The van der Waals surface area contributed by atoms with Gasteiger partial charge in [0.2, 0.25) is 0 Å². The second-order valence-electron chi connectivity index (χ2n) is 4.96. The Bertz CT molecular complexity index is 726. The third-order valence-corrected chi connectivity index (χ3v) is 3.52. The predicted molar refractivity (Wildman–Crippen MR) is 91.6 cm³/mol. The fourth-order valence-corrected chi connectivity index (χ4v) is 2.49. The van der Waals surface area contributed by atoms with Crippen molar-refractivity contribution < 1.29 is 14.3 Å². The minimum atomic E-state index is -0.787. The van der Waals surface area contributed by atoms with Gasteiger partial charge in [0.15, 0.2) is 11.9 Å². The predicted octanol–water partition coefficient (Wildman–Crippen LogP) is 4.60. The maximum Gasteiger partial charge on any atom is 0.265 e. The highest BCUT2D eigenvalue weighted by atomic mass is 35.5. The van der Waals surface area contributed by atoms with Crippen molar-refractivity contribution in [1.29, 1.82) is 0 Å². The van der Waals surface area contributed by atoms with E-state index >= 15 is 0 Å². The molecule has 0 aromatic heterocycles. The molecule has 23 heavy (non-hydrogen) atoms. The van der Waals surface area contributed by atoms with Crippen LogP contribution in [0.3, 0.4) is 0 Å². The molecular formula is C17H15Cl2NO3. The van der Waals surface area contributed by atoms with Gasteiger partial charge in [0, 0.05) is 15.6 Å². The fraction of sp³-hybridized carbons (Fsp3) is 0.176. The summed E-state index contributed by atoms with van der Waals surface area (Å²) in [5.41, 5.74) is 0.892. The van der Waals surface area contributed by atoms with Gasteiger partial charge in [-0.3, -0.25) is 9.59 Å². The number of nitrogens with one attached hydrogen (secondary N) is 1. The Kier molecular flexibility index (Phi) is 5.64. The Hall–Kier alpha value is -2.04. The Morgan fingerprint density at radius 3 is 2.30 bits per heavy atom. The van der Waals surface area contributed by atoms with Gasteiger partial charge >= 0.3 is 0 Å². The number of hydrogen-bond donors (Lipinski definition) is 1. The van der Waals surface area contributed by atoms with E-state index in [1.807, 2.05) is 0 Å². The molecule has 0 aliphatic carbocycles. The highest BCUT2D eigenvalue weighted by Gasteiger charge is 2.17. The molecular weight excluding hydrogens is 337 g/mol. The second-order valence-corrected chi connectivity index (χ2v) is 5.83. The van der Waals surface area contributed by atoms with E-state index in [0.29, 0.717) is 27.0 Å². The number of hydrogen-bond acceptors (Lipinski definition) is 3. The molecule has 1 amide bonds. The molecule has 0 spiro atoms. The fourth-order valence-electron chi connectivity index (χ4n) is 1.99. The van der Waals surface area contributed by atoms with Gasteiger partial charge in [-0.05, 0) is 44.2 Å². The van der Waals surface area contributed by atoms with E-state index in [1.165, 1.54) is 6.92 Å². The molecule has 0 fully saturated rings. The molecule has 2 rings (SSSR count). The first-order valence-corrected chi connectivity index (χ1v) is 7.66. The Morgan fingerprint density at radius 1 is 1.09 bits per heavy atom. The third-order valence-electron chi connectivity index (χ3n) is 3.08. The minimum Gasteiger partial charge on any atom is -0.481 e. The molecule has 0 heterocycles. The molecule has 1 atom stereocenters. The summed E-state index contributed by atoms with van der Waals surface area (Å²) in [5, 5.41) is 3.53. The van der Waals surface area contributed by atoms with Crippen LogP contribution in [0.15, 0.2) is 42.5 Å². The molecule has 4 nitrogen and oxygen atoms in total. The van der Waals surface area contributed by atoms with Gasteiger partial charge in [0.05, 0.1) is 5.69 Å². The van der Waals surface area contributed by atoms with Crippen molar-refractivity contribution in [1.82, 2.24) is 0 Å². The molecule has 0 bridgehead atoms. The monoisotopic (exact) mass is 351 g/mol. The van der Waals surface area contributed by atoms with Crippen LogP contribution < -0.4 is 10.1 Å². The van der Waals surface area contributed by atoms with Gasteiger partial charge in [-0.2, -0.15) is 0 Å². The van der Waals surface area contributed by atoms with Crippen molar-refractivity contribution in [3.05, 3.63) is 58.1 Å². The lowest BCUT2D eigenvalue weighted by Gasteiger charge is -2.16. The molecule has 1 N–H and O–H groups in total. The van der Waals surface area contributed by atoms with Crippen LogP contribution >= 0.6 is 23.2 Å². The Morgan fingerprint density at radius 2 is 1.70 bits per heavy atom. The van der Waals surface area contributed by atoms with Crippen molar-refractivity contribution >= 4 is 40.6 Å². The van der Waals surface area contributed by atoms with Gasteiger partial charge in [-0.15, -0.1) is 0 Å². The molecule has 6 heteroatoms. The summed E-state index contributed by atoms with van der Waals surface area (Å²) >= 11 is 11.8. The van der Waals surface area contributed by atoms with E-state index < -0.39 is 6.10 Å². The summed E-state index contributed by atoms with van der Waals surface area (Å²) in [7, 11) is 0. The van der Waals surface area contributed by atoms with Crippen LogP contribution in [0, 0.1) is 0 Å². The number of benzene rings is 2. The number of Topliss-reactive ketones (excluding diaryl/α,β-unsaturated/α-hetero) is 1. The summed E-state index contributed by atoms with van der Waals surface area (Å²) < 4.78 is 5.54. The zero-order chi connectivity index (χ0) is 17.0. The largest absolute Gasteiger partial charge is 0.481 e. The van der Waals surface area contributed by atoms with E-state index in [9.17, 15) is 9.59 Å². The zero-order valence-corrected chi connectivity index (χ0v) is 14.1. The molecule has 120 valence electrons.